The van der Waals surface area contributed by atoms with Gasteiger partial charge in [-0.3, -0.25) is 0 Å². The minimum atomic E-state index is -1.11. The second-order valence-electron chi connectivity index (χ2n) is 3.54. The van der Waals surface area contributed by atoms with Crippen molar-refractivity contribution in [3.8, 4) is 0 Å². The molecular formula is C12H10N2O3. The van der Waals surface area contributed by atoms with Gasteiger partial charge in [0, 0.05) is 0 Å². The lowest BCUT2D eigenvalue weighted by atomic mass is 10.0. The summed E-state index contributed by atoms with van der Waals surface area (Å²) in [5, 5.41) is 13.0. The zero-order valence-electron chi connectivity index (χ0n) is 8.81. The SMILES string of the molecule is NC(=O)Nc1cc2ccccc2cc1C(=O)O. The molecule has 0 aliphatic carbocycles. The zero-order valence-corrected chi connectivity index (χ0v) is 8.81. The van der Waals surface area contributed by atoms with Gasteiger partial charge in [-0.25, -0.2) is 9.59 Å². The second-order valence-corrected chi connectivity index (χ2v) is 3.54. The van der Waals surface area contributed by atoms with Gasteiger partial charge in [-0.05, 0) is 22.9 Å². The van der Waals surface area contributed by atoms with Gasteiger partial charge in [-0.2, -0.15) is 0 Å². The fourth-order valence-corrected chi connectivity index (χ4v) is 1.65. The number of carboxylic acid groups (broad SMARTS) is 1. The molecule has 2 aromatic carbocycles. The molecule has 0 radical (unpaired) electrons. The van der Waals surface area contributed by atoms with Gasteiger partial charge in [0.05, 0.1) is 11.3 Å². The topological polar surface area (TPSA) is 92.4 Å². The largest absolute Gasteiger partial charge is 0.478 e. The van der Waals surface area contributed by atoms with E-state index in [0.717, 1.165) is 10.8 Å². The third-order valence-electron chi connectivity index (χ3n) is 2.37. The smallest absolute Gasteiger partial charge is 0.337 e. The average Bonchev–Trinajstić information content (AvgIpc) is 2.27. The summed E-state index contributed by atoms with van der Waals surface area (Å²) in [6, 6.07) is 9.57. The Morgan fingerprint density at radius 1 is 1.12 bits per heavy atom. The summed E-state index contributed by atoms with van der Waals surface area (Å²) in [6.07, 6.45) is 0. The average molecular weight is 230 g/mol. The molecule has 0 saturated carbocycles. The van der Waals surface area contributed by atoms with Crippen LogP contribution in [0.3, 0.4) is 0 Å². The predicted molar refractivity (Wildman–Crippen MR) is 64.1 cm³/mol. The van der Waals surface area contributed by atoms with Crippen LogP contribution < -0.4 is 11.1 Å². The van der Waals surface area contributed by atoms with Crippen LogP contribution in [0.4, 0.5) is 10.5 Å². The Morgan fingerprint density at radius 3 is 2.24 bits per heavy atom. The number of rotatable bonds is 2. The number of hydrogen-bond donors (Lipinski definition) is 3. The van der Waals surface area contributed by atoms with Crippen LogP contribution in [0.2, 0.25) is 0 Å². The van der Waals surface area contributed by atoms with Crippen LogP contribution in [-0.4, -0.2) is 17.1 Å². The van der Waals surface area contributed by atoms with Crippen molar-refractivity contribution in [2.45, 2.75) is 0 Å². The summed E-state index contributed by atoms with van der Waals surface area (Å²) in [4.78, 5) is 21.9. The summed E-state index contributed by atoms with van der Waals surface area (Å²) < 4.78 is 0. The Labute approximate surface area is 96.8 Å². The molecule has 2 aromatic rings. The fourth-order valence-electron chi connectivity index (χ4n) is 1.65. The lowest BCUT2D eigenvalue weighted by Crippen LogP contribution is -2.21. The second kappa shape index (κ2) is 4.13. The summed E-state index contributed by atoms with van der Waals surface area (Å²) in [5.74, 6) is -1.11. The number of urea groups is 1. The molecule has 0 aliphatic rings. The molecule has 0 spiro atoms. The number of primary amides is 1. The molecule has 0 heterocycles. The molecule has 0 atom stereocenters. The molecule has 0 aliphatic heterocycles. The van der Waals surface area contributed by atoms with Gasteiger partial charge >= 0.3 is 12.0 Å². The number of carbonyl (C=O) groups is 2. The van der Waals surface area contributed by atoms with E-state index in [4.69, 9.17) is 10.8 Å². The van der Waals surface area contributed by atoms with E-state index in [-0.39, 0.29) is 11.3 Å². The monoisotopic (exact) mass is 230 g/mol. The number of carbonyl (C=O) groups excluding carboxylic acids is 1. The summed E-state index contributed by atoms with van der Waals surface area (Å²) in [7, 11) is 0. The van der Waals surface area contributed by atoms with E-state index < -0.39 is 12.0 Å². The molecule has 5 nitrogen and oxygen atoms in total. The highest BCUT2D eigenvalue weighted by atomic mass is 16.4. The van der Waals surface area contributed by atoms with Crippen LogP contribution >= 0.6 is 0 Å². The van der Waals surface area contributed by atoms with E-state index in [1.54, 1.807) is 12.1 Å². The summed E-state index contributed by atoms with van der Waals surface area (Å²) >= 11 is 0. The number of hydrogen-bond acceptors (Lipinski definition) is 2. The summed E-state index contributed by atoms with van der Waals surface area (Å²) in [6.45, 7) is 0. The maximum atomic E-state index is 11.1. The van der Waals surface area contributed by atoms with Gasteiger partial charge in [-0.15, -0.1) is 0 Å². The minimum Gasteiger partial charge on any atom is -0.478 e. The molecule has 0 fully saturated rings. The van der Waals surface area contributed by atoms with Crippen molar-refractivity contribution in [3.05, 3.63) is 42.0 Å². The van der Waals surface area contributed by atoms with E-state index in [2.05, 4.69) is 5.32 Å². The van der Waals surface area contributed by atoms with E-state index >= 15 is 0 Å². The van der Waals surface area contributed by atoms with E-state index in [0.29, 0.717) is 0 Å². The van der Waals surface area contributed by atoms with Crippen LogP contribution in [0.5, 0.6) is 0 Å². The molecular weight excluding hydrogens is 220 g/mol. The Kier molecular flexibility index (Phi) is 2.66. The Hall–Kier alpha value is -2.56. The van der Waals surface area contributed by atoms with Gasteiger partial charge in [0.15, 0.2) is 0 Å². The van der Waals surface area contributed by atoms with E-state index in [9.17, 15) is 9.59 Å². The first kappa shape index (κ1) is 10.9. The maximum Gasteiger partial charge on any atom is 0.337 e. The van der Waals surface area contributed by atoms with Gasteiger partial charge in [0.25, 0.3) is 0 Å². The van der Waals surface area contributed by atoms with Gasteiger partial charge in [-0.1, -0.05) is 24.3 Å². The molecule has 5 heteroatoms. The Morgan fingerprint density at radius 2 is 1.71 bits per heavy atom. The minimum absolute atomic E-state index is 0.0162. The Balaban J connectivity index is 2.66. The summed E-state index contributed by atoms with van der Waals surface area (Å²) in [5.41, 5.74) is 5.21. The van der Waals surface area contributed by atoms with Crippen LogP contribution in [-0.2, 0) is 0 Å². The molecule has 0 saturated heterocycles. The highest BCUT2D eigenvalue weighted by Gasteiger charge is 2.12. The number of fused-ring (bicyclic) bond motifs is 1. The number of nitrogens with one attached hydrogen (secondary N) is 1. The van der Waals surface area contributed by atoms with E-state index in [1.807, 2.05) is 18.2 Å². The van der Waals surface area contributed by atoms with Crippen molar-refractivity contribution < 1.29 is 14.7 Å². The van der Waals surface area contributed by atoms with Gasteiger partial charge < -0.3 is 16.2 Å². The predicted octanol–water partition coefficient (Wildman–Crippen LogP) is 2.03. The number of aromatic carboxylic acids is 1. The van der Waals surface area contributed by atoms with Gasteiger partial charge in [0.2, 0.25) is 0 Å². The van der Waals surface area contributed by atoms with Crippen molar-refractivity contribution >= 4 is 28.5 Å². The van der Waals surface area contributed by atoms with Crippen LogP contribution in [0.25, 0.3) is 10.8 Å². The Bertz CT molecular complexity index is 608. The van der Waals surface area contributed by atoms with E-state index in [1.165, 1.54) is 6.07 Å². The molecule has 2 amide bonds. The van der Waals surface area contributed by atoms with Gasteiger partial charge in [0.1, 0.15) is 0 Å². The molecule has 2 rings (SSSR count). The number of amides is 2. The highest BCUT2D eigenvalue weighted by Crippen LogP contribution is 2.24. The highest BCUT2D eigenvalue weighted by molar-refractivity contribution is 6.04. The van der Waals surface area contributed by atoms with Crippen molar-refractivity contribution in [2.75, 3.05) is 5.32 Å². The molecule has 0 bridgehead atoms. The zero-order chi connectivity index (χ0) is 12.4. The normalized spacial score (nSPS) is 10.1. The number of carboxylic acids is 1. The number of anilines is 1. The number of nitrogens with two attached hydrogens (primary N) is 1. The van der Waals surface area contributed by atoms with Crippen molar-refractivity contribution in [2.24, 2.45) is 5.73 Å². The fraction of sp³-hybridized carbons (Fsp3) is 0. The molecule has 0 aromatic heterocycles. The van der Waals surface area contributed by atoms with Crippen LogP contribution in [0, 0.1) is 0 Å². The van der Waals surface area contributed by atoms with Crippen LogP contribution in [0.1, 0.15) is 10.4 Å². The lowest BCUT2D eigenvalue weighted by Gasteiger charge is -2.08. The van der Waals surface area contributed by atoms with Crippen molar-refractivity contribution in [3.63, 3.8) is 0 Å². The standard InChI is InChI=1S/C12H10N2O3/c13-12(17)14-10-6-8-4-2-1-3-7(8)5-9(10)11(15)16/h1-6H,(H,15,16)(H3,13,14,17). The third-order valence-corrected chi connectivity index (χ3v) is 2.37. The first-order chi connectivity index (χ1) is 8.08. The first-order valence-electron chi connectivity index (χ1n) is 4.90. The number of benzene rings is 2. The molecule has 17 heavy (non-hydrogen) atoms. The van der Waals surface area contributed by atoms with Crippen molar-refractivity contribution in [1.82, 2.24) is 0 Å². The molecule has 86 valence electrons. The molecule has 4 N–H and O–H groups in total. The van der Waals surface area contributed by atoms with Crippen molar-refractivity contribution in [1.29, 1.82) is 0 Å². The maximum absolute atomic E-state index is 11.1. The first-order valence-corrected chi connectivity index (χ1v) is 4.90. The molecule has 0 unspecified atom stereocenters. The lowest BCUT2D eigenvalue weighted by molar-refractivity contribution is 0.0698. The third kappa shape index (κ3) is 2.17. The quantitative estimate of drug-likeness (QED) is 0.736. The van der Waals surface area contributed by atoms with Crippen LogP contribution in [0.15, 0.2) is 36.4 Å².